The summed E-state index contributed by atoms with van der Waals surface area (Å²) in [6.07, 6.45) is 4.24. The first-order valence-electron chi connectivity index (χ1n) is 6.87. The van der Waals surface area contributed by atoms with E-state index < -0.39 is 0 Å². The Labute approximate surface area is 109 Å². The van der Waals surface area contributed by atoms with Gasteiger partial charge in [-0.2, -0.15) is 0 Å². The molecule has 3 nitrogen and oxygen atoms in total. The van der Waals surface area contributed by atoms with E-state index in [-0.39, 0.29) is 6.04 Å². The first kappa shape index (κ1) is 13.4. The van der Waals surface area contributed by atoms with Crippen LogP contribution in [0, 0.1) is 0 Å². The fourth-order valence-corrected chi connectivity index (χ4v) is 2.14. The topological polar surface area (TPSA) is 44.5 Å². The van der Waals surface area contributed by atoms with E-state index in [4.69, 9.17) is 15.2 Å². The Bertz CT molecular complexity index is 344. The lowest BCUT2D eigenvalue weighted by molar-refractivity contribution is 0.0255. The van der Waals surface area contributed by atoms with Gasteiger partial charge < -0.3 is 15.2 Å². The van der Waals surface area contributed by atoms with E-state index in [1.165, 1.54) is 5.56 Å². The number of hydrogen-bond donors (Lipinski definition) is 1. The summed E-state index contributed by atoms with van der Waals surface area (Å²) in [4.78, 5) is 0. The molecule has 1 aromatic carbocycles. The lowest BCUT2D eigenvalue weighted by Crippen LogP contribution is -2.25. The van der Waals surface area contributed by atoms with E-state index in [9.17, 15) is 0 Å². The van der Waals surface area contributed by atoms with Crippen molar-refractivity contribution in [1.82, 2.24) is 0 Å². The van der Waals surface area contributed by atoms with Crippen LogP contribution < -0.4 is 10.5 Å². The molecule has 2 rings (SSSR count). The molecule has 1 atom stereocenters. The Morgan fingerprint density at radius 1 is 1.28 bits per heavy atom. The van der Waals surface area contributed by atoms with Crippen molar-refractivity contribution >= 4 is 0 Å². The van der Waals surface area contributed by atoms with E-state index in [2.05, 4.69) is 19.1 Å². The summed E-state index contributed by atoms with van der Waals surface area (Å²) in [6, 6.07) is 8.58. The lowest BCUT2D eigenvalue weighted by atomic mass is 10.0. The maximum atomic E-state index is 5.95. The van der Waals surface area contributed by atoms with Gasteiger partial charge in [-0.15, -0.1) is 0 Å². The van der Waals surface area contributed by atoms with E-state index in [0.29, 0.717) is 6.10 Å². The van der Waals surface area contributed by atoms with Gasteiger partial charge in [0.25, 0.3) is 0 Å². The Morgan fingerprint density at radius 3 is 2.56 bits per heavy atom. The molecule has 1 aromatic rings. The molecule has 0 bridgehead atoms. The fraction of sp³-hybridized carbons (Fsp3) is 0.600. The van der Waals surface area contributed by atoms with Crippen molar-refractivity contribution < 1.29 is 9.47 Å². The summed E-state index contributed by atoms with van der Waals surface area (Å²) in [7, 11) is 0. The highest BCUT2D eigenvalue weighted by Gasteiger charge is 2.15. The average Bonchev–Trinajstić information content (AvgIpc) is 2.42. The molecule has 0 saturated carbocycles. The number of ether oxygens (including phenoxy) is 2. The molecule has 3 heteroatoms. The third kappa shape index (κ3) is 4.00. The zero-order valence-electron chi connectivity index (χ0n) is 11.1. The minimum atomic E-state index is 0.257. The van der Waals surface area contributed by atoms with Crippen molar-refractivity contribution in [2.45, 2.75) is 44.8 Å². The first-order valence-corrected chi connectivity index (χ1v) is 6.87. The van der Waals surface area contributed by atoms with Gasteiger partial charge in [-0.1, -0.05) is 19.1 Å². The normalized spacial score (nSPS) is 18.6. The summed E-state index contributed by atoms with van der Waals surface area (Å²) in [5.41, 5.74) is 7.23. The van der Waals surface area contributed by atoms with Crippen LogP contribution in [-0.2, 0) is 11.2 Å². The molecule has 1 aliphatic rings. The molecule has 0 aromatic heterocycles. The molecular weight excluding hydrogens is 226 g/mol. The lowest BCUT2D eigenvalue weighted by Gasteiger charge is -2.23. The highest BCUT2D eigenvalue weighted by molar-refractivity contribution is 5.28. The molecule has 0 radical (unpaired) electrons. The summed E-state index contributed by atoms with van der Waals surface area (Å²) >= 11 is 0. The van der Waals surface area contributed by atoms with Crippen LogP contribution in [0.5, 0.6) is 5.75 Å². The van der Waals surface area contributed by atoms with E-state index >= 15 is 0 Å². The quantitative estimate of drug-likeness (QED) is 0.872. The fourth-order valence-electron chi connectivity index (χ4n) is 2.14. The number of nitrogens with two attached hydrogens (primary N) is 1. The monoisotopic (exact) mass is 249 g/mol. The third-order valence-electron chi connectivity index (χ3n) is 3.42. The van der Waals surface area contributed by atoms with Crippen LogP contribution in [0.2, 0.25) is 0 Å². The van der Waals surface area contributed by atoms with Crippen molar-refractivity contribution in [3.05, 3.63) is 29.8 Å². The van der Waals surface area contributed by atoms with Crippen LogP contribution in [0.15, 0.2) is 24.3 Å². The molecule has 2 N–H and O–H groups in total. The zero-order valence-corrected chi connectivity index (χ0v) is 11.1. The van der Waals surface area contributed by atoms with Gasteiger partial charge in [0, 0.05) is 18.9 Å². The summed E-state index contributed by atoms with van der Waals surface area (Å²) in [5, 5.41) is 0. The van der Waals surface area contributed by atoms with Gasteiger partial charge in [-0.05, 0) is 30.5 Å². The molecular formula is C15H23NO2. The van der Waals surface area contributed by atoms with Gasteiger partial charge in [0.2, 0.25) is 0 Å². The molecule has 1 saturated heterocycles. The standard InChI is InChI=1S/C15H23NO2/c1-2-13(16)11-12-3-5-14(6-4-12)18-15-7-9-17-10-8-15/h3-6,13,15H,2,7-11,16H2,1H3. The van der Waals surface area contributed by atoms with Crippen LogP contribution in [0.25, 0.3) is 0 Å². The van der Waals surface area contributed by atoms with E-state index in [1.807, 2.05) is 12.1 Å². The Kier molecular flexibility index (Phi) is 5.02. The van der Waals surface area contributed by atoms with Gasteiger partial charge in [0.1, 0.15) is 11.9 Å². The van der Waals surface area contributed by atoms with Crippen LogP contribution >= 0.6 is 0 Å². The highest BCUT2D eigenvalue weighted by atomic mass is 16.5. The Balaban J connectivity index is 1.86. The molecule has 1 heterocycles. The molecule has 1 unspecified atom stereocenters. The molecule has 0 spiro atoms. The van der Waals surface area contributed by atoms with Crippen LogP contribution in [-0.4, -0.2) is 25.4 Å². The number of hydrogen-bond acceptors (Lipinski definition) is 3. The largest absolute Gasteiger partial charge is 0.490 e. The van der Waals surface area contributed by atoms with Gasteiger partial charge >= 0.3 is 0 Å². The molecule has 0 aliphatic carbocycles. The molecule has 18 heavy (non-hydrogen) atoms. The second-order valence-electron chi connectivity index (χ2n) is 4.95. The van der Waals surface area contributed by atoms with E-state index in [0.717, 1.165) is 44.6 Å². The van der Waals surface area contributed by atoms with Crippen molar-refractivity contribution in [2.75, 3.05) is 13.2 Å². The summed E-state index contributed by atoms with van der Waals surface area (Å²) in [6.45, 7) is 3.75. The maximum absolute atomic E-state index is 5.95. The highest BCUT2D eigenvalue weighted by Crippen LogP contribution is 2.19. The van der Waals surface area contributed by atoms with Crippen LogP contribution in [0.1, 0.15) is 31.7 Å². The Morgan fingerprint density at radius 2 is 1.94 bits per heavy atom. The summed E-state index contributed by atoms with van der Waals surface area (Å²) in [5.74, 6) is 0.954. The smallest absolute Gasteiger partial charge is 0.119 e. The van der Waals surface area contributed by atoms with Gasteiger partial charge in [-0.25, -0.2) is 0 Å². The van der Waals surface area contributed by atoms with Crippen LogP contribution in [0.4, 0.5) is 0 Å². The minimum absolute atomic E-state index is 0.257. The number of rotatable bonds is 5. The molecule has 1 fully saturated rings. The first-order chi connectivity index (χ1) is 8.78. The zero-order chi connectivity index (χ0) is 12.8. The van der Waals surface area contributed by atoms with E-state index in [1.54, 1.807) is 0 Å². The minimum Gasteiger partial charge on any atom is -0.490 e. The predicted molar refractivity (Wildman–Crippen MR) is 72.9 cm³/mol. The van der Waals surface area contributed by atoms with Crippen molar-refractivity contribution in [1.29, 1.82) is 0 Å². The Hall–Kier alpha value is -1.06. The predicted octanol–water partition coefficient (Wildman–Crippen LogP) is 2.52. The number of benzene rings is 1. The maximum Gasteiger partial charge on any atom is 0.119 e. The SMILES string of the molecule is CCC(N)Cc1ccc(OC2CCOCC2)cc1. The van der Waals surface area contributed by atoms with Gasteiger partial charge in [0.15, 0.2) is 0 Å². The second-order valence-corrected chi connectivity index (χ2v) is 4.95. The molecule has 1 aliphatic heterocycles. The van der Waals surface area contributed by atoms with Crippen LogP contribution in [0.3, 0.4) is 0 Å². The summed E-state index contributed by atoms with van der Waals surface area (Å²) < 4.78 is 11.2. The van der Waals surface area contributed by atoms with Gasteiger partial charge in [0.05, 0.1) is 13.2 Å². The van der Waals surface area contributed by atoms with Crippen molar-refractivity contribution in [2.24, 2.45) is 5.73 Å². The molecule has 100 valence electrons. The average molecular weight is 249 g/mol. The molecule has 0 amide bonds. The third-order valence-corrected chi connectivity index (χ3v) is 3.42. The van der Waals surface area contributed by atoms with Crippen molar-refractivity contribution in [3.8, 4) is 5.75 Å². The van der Waals surface area contributed by atoms with Crippen molar-refractivity contribution in [3.63, 3.8) is 0 Å². The van der Waals surface area contributed by atoms with Gasteiger partial charge in [-0.3, -0.25) is 0 Å². The second kappa shape index (κ2) is 6.76.